The second-order valence-electron chi connectivity index (χ2n) is 7.11. The van der Waals surface area contributed by atoms with Crippen molar-refractivity contribution in [2.24, 2.45) is 0 Å². The number of hydrogen-bond donors (Lipinski definition) is 1. The van der Waals surface area contributed by atoms with Crippen LogP contribution in [0.15, 0.2) is 30.7 Å². The fourth-order valence-electron chi connectivity index (χ4n) is 3.49. The Labute approximate surface area is 154 Å². The maximum atomic E-state index is 10.9. The maximum absolute atomic E-state index is 10.9. The Hall–Kier alpha value is -2.41. The predicted molar refractivity (Wildman–Crippen MR) is 101 cm³/mol. The number of aromatic carboxylic acids is 1. The van der Waals surface area contributed by atoms with Gasteiger partial charge in [-0.1, -0.05) is 0 Å². The van der Waals surface area contributed by atoms with Crippen molar-refractivity contribution in [3.05, 3.63) is 42.1 Å². The molecule has 140 valence electrons. The van der Waals surface area contributed by atoms with E-state index in [9.17, 15) is 4.79 Å². The molecule has 2 aromatic heterocycles. The molecule has 0 atom stereocenters. The van der Waals surface area contributed by atoms with Crippen LogP contribution in [0.5, 0.6) is 0 Å². The molecule has 1 fully saturated rings. The molecule has 3 heterocycles. The molecular formula is C19H27N5O2. The summed E-state index contributed by atoms with van der Waals surface area (Å²) in [5.41, 5.74) is 0.225. The number of imidazole rings is 1. The zero-order valence-electron chi connectivity index (χ0n) is 15.5. The maximum Gasteiger partial charge on any atom is 0.337 e. The van der Waals surface area contributed by atoms with Crippen LogP contribution in [0.25, 0.3) is 0 Å². The smallest absolute Gasteiger partial charge is 0.337 e. The van der Waals surface area contributed by atoms with Gasteiger partial charge < -0.3 is 19.5 Å². The van der Waals surface area contributed by atoms with Crippen LogP contribution in [0.3, 0.4) is 0 Å². The van der Waals surface area contributed by atoms with Crippen LogP contribution in [0, 0.1) is 0 Å². The number of aromatic nitrogens is 3. The third kappa shape index (κ3) is 4.40. The Balaban J connectivity index is 1.57. The molecule has 1 aliphatic heterocycles. The SMILES string of the molecule is CN(C)CCCn1ccnc1C1CCN(c2ccc(C(=O)O)cn2)CC1. The van der Waals surface area contributed by atoms with Gasteiger partial charge in [0.2, 0.25) is 0 Å². The third-order valence-electron chi connectivity index (χ3n) is 4.93. The summed E-state index contributed by atoms with van der Waals surface area (Å²) in [7, 11) is 4.20. The molecule has 2 aromatic rings. The van der Waals surface area contributed by atoms with E-state index in [1.165, 1.54) is 12.0 Å². The van der Waals surface area contributed by atoms with Gasteiger partial charge in [-0.25, -0.2) is 14.8 Å². The normalized spacial score (nSPS) is 15.6. The predicted octanol–water partition coefficient (Wildman–Crippen LogP) is 2.31. The van der Waals surface area contributed by atoms with E-state index in [1.54, 1.807) is 12.1 Å². The van der Waals surface area contributed by atoms with Crippen molar-refractivity contribution in [1.29, 1.82) is 0 Å². The molecular weight excluding hydrogens is 330 g/mol. The Morgan fingerprint density at radius 2 is 2.04 bits per heavy atom. The molecule has 0 aliphatic carbocycles. The summed E-state index contributed by atoms with van der Waals surface area (Å²) in [6.07, 6.45) is 8.61. The molecule has 0 amide bonds. The van der Waals surface area contributed by atoms with Crippen molar-refractivity contribution in [2.75, 3.05) is 38.6 Å². The molecule has 1 N–H and O–H groups in total. The van der Waals surface area contributed by atoms with Crippen molar-refractivity contribution >= 4 is 11.8 Å². The summed E-state index contributed by atoms with van der Waals surface area (Å²) in [4.78, 5) is 24.3. The van der Waals surface area contributed by atoms with E-state index in [0.717, 1.165) is 51.3 Å². The van der Waals surface area contributed by atoms with Crippen LogP contribution in [-0.4, -0.2) is 64.2 Å². The van der Waals surface area contributed by atoms with Crippen LogP contribution in [0.2, 0.25) is 0 Å². The van der Waals surface area contributed by atoms with Crippen molar-refractivity contribution < 1.29 is 9.90 Å². The lowest BCUT2D eigenvalue weighted by Crippen LogP contribution is -2.34. The zero-order chi connectivity index (χ0) is 18.5. The highest BCUT2D eigenvalue weighted by molar-refractivity contribution is 5.87. The Morgan fingerprint density at radius 3 is 2.65 bits per heavy atom. The fourth-order valence-corrected chi connectivity index (χ4v) is 3.49. The molecule has 0 unspecified atom stereocenters. The first-order valence-electron chi connectivity index (χ1n) is 9.14. The standard InChI is InChI=1S/C19H27N5O2/c1-22(2)9-3-10-24-13-8-20-18(24)15-6-11-23(12-7-15)17-5-4-16(14-21-17)19(25)26/h4-5,8,13-15H,3,6-7,9-12H2,1-2H3,(H,25,26). The molecule has 26 heavy (non-hydrogen) atoms. The average Bonchev–Trinajstić information content (AvgIpc) is 3.10. The van der Waals surface area contributed by atoms with Crippen LogP contribution in [0.4, 0.5) is 5.82 Å². The van der Waals surface area contributed by atoms with Gasteiger partial charge in [-0.3, -0.25) is 0 Å². The van der Waals surface area contributed by atoms with Gasteiger partial charge in [0.05, 0.1) is 5.56 Å². The van der Waals surface area contributed by atoms with E-state index in [0.29, 0.717) is 5.92 Å². The van der Waals surface area contributed by atoms with Crippen LogP contribution in [0.1, 0.15) is 41.4 Å². The van der Waals surface area contributed by atoms with Gasteiger partial charge in [-0.2, -0.15) is 0 Å². The zero-order valence-corrected chi connectivity index (χ0v) is 15.5. The van der Waals surface area contributed by atoms with Gasteiger partial charge in [0.15, 0.2) is 0 Å². The number of pyridine rings is 1. The number of carboxylic acid groups (broad SMARTS) is 1. The summed E-state index contributed by atoms with van der Waals surface area (Å²) in [6.45, 7) is 3.91. The third-order valence-corrected chi connectivity index (χ3v) is 4.93. The van der Waals surface area contributed by atoms with Crippen molar-refractivity contribution in [1.82, 2.24) is 19.4 Å². The average molecular weight is 357 g/mol. The van der Waals surface area contributed by atoms with E-state index < -0.39 is 5.97 Å². The van der Waals surface area contributed by atoms with Crippen molar-refractivity contribution in [3.8, 4) is 0 Å². The molecule has 0 bridgehead atoms. The fraction of sp³-hybridized carbons (Fsp3) is 0.526. The van der Waals surface area contributed by atoms with Crippen molar-refractivity contribution in [2.45, 2.75) is 31.7 Å². The molecule has 0 radical (unpaired) electrons. The molecule has 0 spiro atoms. The highest BCUT2D eigenvalue weighted by Gasteiger charge is 2.24. The largest absolute Gasteiger partial charge is 0.478 e. The van der Waals surface area contributed by atoms with Gasteiger partial charge in [-0.05, 0) is 52.0 Å². The molecule has 7 heteroatoms. The number of carboxylic acids is 1. The van der Waals surface area contributed by atoms with E-state index in [1.807, 2.05) is 6.20 Å². The molecule has 1 aliphatic rings. The molecule has 1 saturated heterocycles. The van der Waals surface area contributed by atoms with Gasteiger partial charge in [0.1, 0.15) is 11.6 Å². The first-order valence-corrected chi connectivity index (χ1v) is 9.14. The van der Waals surface area contributed by atoms with Crippen LogP contribution >= 0.6 is 0 Å². The lowest BCUT2D eigenvalue weighted by atomic mass is 9.96. The van der Waals surface area contributed by atoms with E-state index in [4.69, 9.17) is 5.11 Å². The van der Waals surface area contributed by atoms with Gasteiger partial charge in [0, 0.05) is 44.1 Å². The highest BCUT2D eigenvalue weighted by Crippen LogP contribution is 2.29. The second kappa shape index (κ2) is 8.31. The second-order valence-corrected chi connectivity index (χ2v) is 7.11. The molecule has 0 saturated carbocycles. The number of nitrogens with zero attached hydrogens (tertiary/aromatic N) is 5. The molecule has 7 nitrogen and oxygen atoms in total. The number of anilines is 1. The summed E-state index contributed by atoms with van der Waals surface area (Å²) in [5, 5.41) is 8.98. The monoisotopic (exact) mass is 357 g/mol. The lowest BCUT2D eigenvalue weighted by molar-refractivity contribution is 0.0696. The van der Waals surface area contributed by atoms with E-state index in [-0.39, 0.29) is 5.56 Å². The number of aryl methyl sites for hydroxylation is 1. The number of rotatable bonds is 7. The minimum absolute atomic E-state index is 0.225. The van der Waals surface area contributed by atoms with E-state index in [2.05, 4.69) is 44.6 Å². The van der Waals surface area contributed by atoms with Crippen molar-refractivity contribution in [3.63, 3.8) is 0 Å². The van der Waals surface area contributed by atoms with Gasteiger partial charge >= 0.3 is 5.97 Å². The number of hydrogen-bond acceptors (Lipinski definition) is 5. The Kier molecular flexibility index (Phi) is 5.88. The van der Waals surface area contributed by atoms with Crippen LogP contribution in [-0.2, 0) is 6.54 Å². The highest BCUT2D eigenvalue weighted by atomic mass is 16.4. The van der Waals surface area contributed by atoms with E-state index >= 15 is 0 Å². The summed E-state index contributed by atoms with van der Waals surface area (Å²) < 4.78 is 2.30. The number of carbonyl (C=O) groups is 1. The summed E-state index contributed by atoms with van der Waals surface area (Å²) in [5.74, 6) is 1.57. The number of piperidine rings is 1. The van der Waals surface area contributed by atoms with Gasteiger partial charge in [-0.15, -0.1) is 0 Å². The summed E-state index contributed by atoms with van der Waals surface area (Å²) >= 11 is 0. The lowest BCUT2D eigenvalue weighted by Gasteiger charge is -2.32. The van der Waals surface area contributed by atoms with Crippen LogP contribution < -0.4 is 4.90 Å². The quantitative estimate of drug-likeness (QED) is 0.820. The topological polar surface area (TPSA) is 74.5 Å². The Morgan fingerprint density at radius 1 is 1.27 bits per heavy atom. The first-order chi connectivity index (χ1) is 12.5. The minimum atomic E-state index is -0.941. The Bertz CT molecular complexity index is 718. The minimum Gasteiger partial charge on any atom is -0.478 e. The molecule has 3 rings (SSSR count). The molecule has 0 aromatic carbocycles. The summed E-state index contributed by atoms with van der Waals surface area (Å²) in [6, 6.07) is 3.42. The first kappa shape index (κ1) is 18.4. The van der Waals surface area contributed by atoms with Gasteiger partial charge in [0.25, 0.3) is 0 Å².